The summed E-state index contributed by atoms with van der Waals surface area (Å²) in [5, 5.41) is 10.1. The van der Waals surface area contributed by atoms with E-state index in [1.807, 2.05) is 23.9 Å². The van der Waals surface area contributed by atoms with Crippen LogP contribution in [0.1, 0.15) is 17.6 Å². The van der Waals surface area contributed by atoms with E-state index in [2.05, 4.69) is 9.97 Å². The van der Waals surface area contributed by atoms with Crippen LogP contribution in [0.25, 0.3) is 0 Å². The Hall–Kier alpha value is -1.88. The summed E-state index contributed by atoms with van der Waals surface area (Å²) in [7, 11) is 3.45. The highest BCUT2D eigenvalue weighted by Gasteiger charge is 2.13. The van der Waals surface area contributed by atoms with Gasteiger partial charge in [-0.2, -0.15) is 0 Å². The number of hydrogen-bond acceptors (Lipinski definition) is 4. The summed E-state index contributed by atoms with van der Waals surface area (Å²) in [5.74, 6) is 1.32. The molecule has 0 saturated heterocycles. The number of ether oxygens (including phenoxy) is 1. The third kappa shape index (κ3) is 2.62. The van der Waals surface area contributed by atoms with Gasteiger partial charge in [-0.25, -0.2) is 9.97 Å². The fourth-order valence-electron chi connectivity index (χ4n) is 1.60. The summed E-state index contributed by atoms with van der Waals surface area (Å²) in [6.45, 7) is 0. The van der Waals surface area contributed by atoms with Gasteiger partial charge in [0.25, 0.3) is 0 Å². The zero-order valence-electron chi connectivity index (χ0n) is 9.87. The van der Waals surface area contributed by atoms with Crippen molar-refractivity contribution in [1.29, 1.82) is 0 Å². The number of imidazole rings is 1. The molecule has 2 heterocycles. The second-order valence-corrected chi connectivity index (χ2v) is 3.78. The fourth-order valence-corrected chi connectivity index (χ4v) is 1.60. The van der Waals surface area contributed by atoms with Crippen molar-refractivity contribution >= 4 is 0 Å². The van der Waals surface area contributed by atoms with E-state index in [1.54, 1.807) is 25.4 Å². The number of aryl methyl sites for hydroxylation is 1. The average Bonchev–Trinajstić information content (AvgIpc) is 2.75. The molecule has 2 rings (SSSR count). The van der Waals surface area contributed by atoms with Gasteiger partial charge in [-0.05, 0) is 6.07 Å². The molecule has 1 unspecified atom stereocenters. The van der Waals surface area contributed by atoms with Gasteiger partial charge in [-0.1, -0.05) is 6.07 Å². The molecule has 0 spiro atoms. The Balaban J connectivity index is 2.14. The Kier molecular flexibility index (Phi) is 3.39. The number of methoxy groups -OCH3 is 1. The molecule has 0 radical (unpaired) electrons. The smallest absolute Gasteiger partial charge is 0.213 e. The number of rotatable bonds is 4. The van der Waals surface area contributed by atoms with E-state index >= 15 is 0 Å². The van der Waals surface area contributed by atoms with Crippen molar-refractivity contribution in [1.82, 2.24) is 14.5 Å². The van der Waals surface area contributed by atoms with Crippen LogP contribution in [-0.4, -0.2) is 26.8 Å². The van der Waals surface area contributed by atoms with E-state index in [0.717, 1.165) is 5.82 Å². The van der Waals surface area contributed by atoms with Crippen molar-refractivity contribution in [3.8, 4) is 5.88 Å². The maximum absolute atomic E-state index is 10.1. The maximum atomic E-state index is 10.1. The van der Waals surface area contributed by atoms with Crippen LogP contribution in [0.5, 0.6) is 5.88 Å². The Morgan fingerprint density at radius 1 is 1.47 bits per heavy atom. The highest BCUT2D eigenvalue weighted by molar-refractivity contribution is 5.18. The quantitative estimate of drug-likeness (QED) is 0.859. The predicted octanol–water partition coefficient (Wildman–Crippen LogP) is 1.10. The van der Waals surface area contributed by atoms with Crippen molar-refractivity contribution in [2.75, 3.05) is 7.11 Å². The first-order valence-corrected chi connectivity index (χ1v) is 5.36. The highest BCUT2D eigenvalue weighted by Crippen LogP contribution is 2.17. The van der Waals surface area contributed by atoms with Crippen molar-refractivity contribution in [3.63, 3.8) is 0 Å². The van der Waals surface area contributed by atoms with Crippen LogP contribution in [0.2, 0.25) is 0 Å². The lowest BCUT2D eigenvalue weighted by molar-refractivity contribution is 0.169. The summed E-state index contributed by atoms with van der Waals surface area (Å²) < 4.78 is 6.90. The molecule has 5 nitrogen and oxygen atoms in total. The zero-order valence-corrected chi connectivity index (χ0v) is 9.87. The van der Waals surface area contributed by atoms with Crippen LogP contribution < -0.4 is 4.74 Å². The Morgan fingerprint density at radius 2 is 2.29 bits per heavy atom. The monoisotopic (exact) mass is 233 g/mol. The molecule has 1 N–H and O–H groups in total. The first-order valence-electron chi connectivity index (χ1n) is 5.36. The molecule has 0 bridgehead atoms. The van der Waals surface area contributed by atoms with Crippen LogP contribution >= 0.6 is 0 Å². The zero-order chi connectivity index (χ0) is 12.3. The first kappa shape index (κ1) is 11.6. The number of aliphatic hydroxyl groups is 1. The van der Waals surface area contributed by atoms with E-state index in [1.165, 1.54) is 0 Å². The minimum Gasteiger partial charge on any atom is -0.481 e. The van der Waals surface area contributed by atoms with Gasteiger partial charge in [0.1, 0.15) is 11.9 Å². The van der Waals surface area contributed by atoms with Gasteiger partial charge < -0.3 is 14.4 Å². The van der Waals surface area contributed by atoms with E-state index in [-0.39, 0.29) is 0 Å². The molecule has 2 aromatic heterocycles. The molecule has 0 amide bonds. The SMILES string of the molecule is COc1cccc(C(O)Cc2nccn2C)n1. The van der Waals surface area contributed by atoms with E-state index in [4.69, 9.17) is 4.74 Å². The Bertz CT molecular complexity index is 496. The lowest BCUT2D eigenvalue weighted by atomic mass is 10.1. The Morgan fingerprint density at radius 3 is 2.94 bits per heavy atom. The molecule has 2 aromatic rings. The van der Waals surface area contributed by atoms with Gasteiger partial charge >= 0.3 is 0 Å². The predicted molar refractivity (Wildman–Crippen MR) is 62.7 cm³/mol. The minimum absolute atomic E-state index is 0.434. The summed E-state index contributed by atoms with van der Waals surface area (Å²) in [6, 6.07) is 5.33. The van der Waals surface area contributed by atoms with Crippen LogP contribution in [-0.2, 0) is 13.5 Å². The summed E-state index contributed by atoms with van der Waals surface area (Å²) in [6.07, 6.45) is 3.32. The number of pyridine rings is 1. The number of hydrogen-bond donors (Lipinski definition) is 1. The van der Waals surface area contributed by atoms with Gasteiger partial charge in [0.15, 0.2) is 0 Å². The topological polar surface area (TPSA) is 60.2 Å². The summed E-state index contributed by atoms with van der Waals surface area (Å²) in [5.41, 5.74) is 0.590. The van der Waals surface area contributed by atoms with E-state index in [0.29, 0.717) is 18.0 Å². The molecular weight excluding hydrogens is 218 g/mol. The molecule has 0 aliphatic carbocycles. The van der Waals surface area contributed by atoms with Crippen molar-refractivity contribution < 1.29 is 9.84 Å². The van der Waals surface area contributed by atoms with Crippen LogP contribution in [0, 0.1) is 0 Å². The summed E-state index contributed by atoms with van der Waals surface area (Å²) in [4.78, 5) is 8.36. The lowest BCUT2D eigenvalue weighted by Gasteiger charge is -2.10. The molecule has 90 valence electrons. The Labute approximate surface area is 99.7 Å². The molecule has 0 saturated carbocycles. The maximum Gasteiger partial charge on any atom is 0.213 e. The third-order valence-corrected chi connectivity index (χ3v) is 2.59. The molecule has 5 heteroatoms. The second kappa shape index (κ2) is 4.97. The minimum atomic E-state index is -0.675. The summed E-state index contributed by atoms with van der Waals surface area (Å²) >= 11 is 0. The molecule has 0 aliphatic rings. The van der Waals surface area contributed by atoms with Gasteiger partial charge in [0.05, 0.1) is 12.8 Å². The number of nitrogens with zero attached hydrogens (tertiary/aromatic N) is 3. The van der Waals surface area contributed by atoms with Gasteiger partial charge in [-0.3, -0.25) is 0 Å². The molecule has 0 aromatic carbocycles. The first-order chi connectivity index (χ1) is 8.20. The van der Waals surface area contributed by atoms with Crippen molar-refractivity contribution in [2.24, 2.45) is 7.05 Å². The van der Waals surface area contributed by atoms with Crippen molar-refractivity contribution in [2.45, 2.75) is 12.5 Å². The molecule has 17 heavy (non-hydrogen) atoms. The fraction of sp³-hybridized carbons (Fsp3) is 0.333. The lowest BCUT2D eigenvalue weighted by Crippen LogP contribution is -2.08. The number of aliphatic hydroxyl groups excluding tert-OH is 1. The normalized spacial score (nSPS) is 12.4. The van der Waals surface area contributed by atoms with Gasteiger partial charge in [0.2, 0.25) is 5.88 Å². The standard InChI is InChI=1S/C12H15N3O2/c1-15-7-6-13-11(15)8-10(16)9-4-3-5-12(14-9)17-2/h3-7,10,16H,8H2,1-2H3. The van der Waals surface area contributed by atoms with Gasteiger partial charge in [0, 0.05) is 31.9 Å². The molecule has 0 aliphatic heterocycles. The molecular formula is C12H15N3O2. The number of aromatic nitrogens is 3. The largest absolute Gasteiger partial charge is 0.481 e. The molecule has 0 fully saturated rings. The van der Waals surface area contributed by atoms with Crippen LogP contribution in [0.3, 0.4) is 0 Å². The van der Waals surface area contributed by atoms with Gasteiger partial charge in [-0.15, -0.1) is 0 Å². The third-order valence-electron chi connectivity index (χ3n) is 2.59. The van der Waals surface area contributed by atoms with Crippen LogP contribution in [0.4, 0.5) is 0 Å². The van der Waals surface area contributed by atoms with Crippen LogP contribution in [0.15, 0.2) is 30.6 Å². The van der Waals surface area contributed by atoms with E-state index < -0.39 is 6.10 Å². The van der Waals surface area contributed by atoms with Crippen molar-refractivity contribution in [3.05, 3.63) is 42.1 Å². The second-order valence-electron chi connectivity index (χ2n) is 3.78. The van der Waals surface area contributed by atoms with E-state index in [9.17, 15) is 5.11 Å². The highest BCUT2D eigenvalue weighted by atomic mass is 16.5. The average molecular weight is 233 g/mol. The molecule has 1 atom stereocenters.